The molecule has 0 saturated heterocycles. The summed E-state index contributed by atoms with van der Waals surface area (Å²) in [7, 11) is 0. The number of hydrogen-bond donors (Lipinski definition) is 3. The minimum Gasteiger partial charge on any atom is -0.375 e. The maximum Gasteiger partial charge on any atom is 0.226 e. The summed E-state index contributed by atoms with van der Waals surface area (Å²) in [6.07, 6.45) is 1.62. The van der Waals surface area contributed by atoms with Crippen LogP contribution in [0.15, 0.2) is 11.7 Å². The zero-order valence-corrected chi connectivity index (χ0v) is 9.99. The van der Waals surface area contributed by atoms with Crippen LogP contribution in [0.4, 0.5) is 5.13 Å². The number of carbonyl (C=O) groups excluding carboxylic acids is 1. The van der Waals surface area contributed by atoms with E-state index >= 15 is 0 Å². The van der Waals surface area contributed by atoms with Gasteiger partial charge in [0.15, 0.2) is 5.13 Å². The summed E-state index contributed by atoms with van der Waals surface area (Å²) >= 11 is 1.32. The highest BCUT2D eigenvalue weighted by Gasteiger charge is 2.13. The fraction of sp³-hybridized carbons (Fsp3) is 0.333. The van der Waals surface area contributed by atoms with Crippen LogP contribution < -0.4 is 11.1 Å². The zero-order valence-electron chi connectivity index (χ0n) is 9.17. The number of rotatable bonds is 4. The molecule has 2 heterocycles. The quantitative estimate of drug-likeness (QED) is 0.723. The van der Waals surface area contributed by atoms with Crippen LogP contribution in [-0.4, -0.2) is 26.1 Å². The number of nitrogens with zero attached hydrogens (tertiary/aromatic N) is 3. The third kappa shape index (κ3) is 3.00. The van der Waals surface area contributed by atoms with Gasteiger partial charge in [0.25, 0.3) is 0 Å². The molecular formula is C9H12N6OS. The number of aromatic nitrogens is 4. The van der Waals surface area contributed by atoms with Crippen LogP contribution in [0.5, 0.6) is 0 Å². The molecule has 2 aromatic heterocycles. The van der Waals surface area contributed by atoms with Gasteiger partial charge in [-0.15, -0.1) is 11.3 Å². The summed E-state index contributed by atoms with van der Waals surface area (Å²) in [6, 6.07) is -0.207. The van der Waals surface area contributed by atoms with Crippen molar-refractivity contribution in [1.82, 2.24) is 25.5 Å². The van der Waals surface area contributed by atoms with Crippen molar-refractivity contribution in [1.29, 1.82) is 0 Å². The lowest BCUT2D eigenvalue weighted by molar-refractivity contribution is -0.121. The van der Waals surface area contributed by atoms with Crippen LogP contribution in [0.2, 0.25) is 0 Å². The first-order valence-corrected chi connectivity index (χ1v) is 5.87. The third-order valence-electron chi connectivity index (χ3n) is 2.13. The molecule has 0 fully saturated rings. The van der Waals surface area contributed by atoms with Gasteiger partial charge in [-0.1, -0.05) is 0 Å². The Bertz CT molecular complexity index is 493. The standard InChI is InChI=1S/C9H12N6OS/c1-5(8-11-4-12-15-8)13-7(16)2-6-3-17-9(10)14-6/h3-5H,2H2,1H3,(H2,10,14)(H,13,16)(H,11,12,15). The molecule has 0 radical (unpaired) electrons. The molecule has 0 aliphatic rings. The average Bonchev–Trinajstić information content (AvgIpc) is 2.89. The van der Waals surface area contributed by atoms with E-state index in [4.69, 9.17) is 5.73 Å². The van der Waals surface area contributed by atoms with E-state index in [1.165, 1.54) is 17.7 Å². The SMILES string of the molecule is CC(NC(=O)Cc1csc(N)n1)c1ncn[nH]1. The maximum atomic E-state index is 11.7. The monoisotopic (exact) mass is 252 g/mol. The summed E-state index contributed by atoms with van der Waals surface area (Å²) in [4.78, 5) is 19.7. The first-order chi connectivity index (χ1) is 8.15. The topological polar surface area (TPSA) is 110 Å². The molecule has 8 heteroatoms. The number of H-pyrrole nitrogens is 1. The number of carbonyl (C=O) groups is 1. The molecule has 7 nitrogen and oxygen atoms in total. The normalized spacial score (nSPS) is 12.3. The van der Waals surface area contributed by atoms with Crippen LogP contribution in [0.1, 0.15) is 24.5 Å². The number of nitrogens with one attached hydrogen (secondary N) is 2. The van der Waals surface area contributed by atoms with Gasteiger partial charge < -0.3 is 11.1 Å². The molecule has 90 valence electrons. The highest BCUT2D eigenvalue weighted by atomic mass is 32.1. The second-order valence-corrected chi connectivity index (χ2v) is 4.40. The van der Waals surface area contributed by atoms with E-state index in [9.17, 15) is 4.79 Å². The summed E-state index contributed by atoms with van der Waals surface area (Å²) in [5.41, 5.74) is 6.16. The molecule has 4 N–H and O–H groups in total. The average molecular weight is 252 g/mol. The van der Waals surface area contributed by atoms with E-state index in [0.717, 1.165) is 0 Å². The van der Waals surface area contributed by atoms with Crippen molar-refractivity contribution in [3.05, 3.63) is 23.2 Å². The molecule has 2 aromatic rings. The fourth-order valence-corrected chi connectivity index (χ4v) is 1.92. The zero-order chi connectivity index (χ0) is 12.3. The minimum atomic E-state index is -0.207. The molecule has 1 atom stereocenters. The van der Waals surface area contributed by atoms with Gasteiger partial charge >= 0.3 is 0 Å². The molecule has 17 heavy (non-hydrogen) atoms. The lowest BCUT2D eigenvalue weighted by atomic mass is 10.2. The Hall–Kier alpha value is -1.96. The molecule has 0 aromatic carbocycles. The lowest BCUT2D eigenvalue weighted by Gasteiger charge is -2.09. The van der Waals surface area contributed by atoms with Gasteiger partial charge in [0.1, 0.15) is 12.2 Å². The van der Waals surface area contributed by atoms with E-state index in [2.05, 4.69) is 25.5 Å². The fourth-order valence-electron chi connectivity index (χ4n) is 1.35. The van der Waals surface area contributed by atoms with Crippen LogP contribution >= 0.6 is 11.3 Å². The molecule has 0 spiro atoms. The van der Waals surface area contributed by atoms with Crippen molar-refractivity contribution >= 4 is 22.4 Å². The highest BCUT2D eigenvalue weighted by Crippen LogP contribution is 2.12. The highest BCUT2D eigenvalue weighted by molar-refractivity contribution is 7.13. The van der Waals surface area contributed by atoms with Crippen molar-refractivity contribution in [2.75, 3.05) is 5.73 Å². The van der Waals surface area contributed by atoms with Crippen LogP contribution in [0.3, 0.4) is 0 Å². The third-order valence-corrected chi connectivity index (χ3v) is 2.86. The number of hydrogen-bond acceptors (Lipinski definition) is 6. The van der Waals surface area contributed by atoms with Gasteiger partial charge in [-0.3, -0.25) is 9.89 Å². The summed E-state index contributed by atoms with van der Waals surface area (Å²) < 4.78 is 0. The van der Waals surface area contributed by atoms with Gasteiger partial charge in [0.05, 0.1) is 18.2 Å². The van der Waals surface area contributed by atoms with Gasteiger partial charge in [0.2, 0.25) is 5.91 Å². The van der Waals surface area contributed by atoms with Crippen molar-refractivity contribution in [3.8, 4) is 0 Å². The predicted octanol–water partition coefficient (Wildman–Crippen LogP) is 0.263. The molecule has 0 aliphatic heterocycles. The van der Waals surface area contributed by atoms with E-state index in [0.29, 0.717) is 16.6 Å². The van der Waals surface area contributed by atoms with E-state index in [-0.39, 0.29) is 18.4 Å². The number of anilines is 1. The molecule has 2 rings (SSSR count). The van der Waals surface area contributed by atoms with E-state index in [1.807, 2.05) is 6.92 Å². The van der Waals surface area contributed by atoms with Crippen LogP contribution in [-0.2, 0) is 11.2 Å². The van der Waals surface area contributed by atoms with Gasteiger partial charge in [-0.05, 0) is 6.92 Å². The lowest BCUT2D eigenvalue weighted by Crippen LogP contribution is -2.28. The number of nitrogens with two attached hydrogens (primary N) is 1. The van der Waals surface area contributed by atoms with Crippen LogP contribution in [0.25, 0.3) is 0 Å². The number of nitrogen functional groups attached to an aromatic ring is 1. The Morgan fingerprint density at radius 1 is 1.71 bits per heavy atom. The van der Waals surface area contributed by atoms with Crippen LogP contribution in [0, 0.1) is 0 Å². The predicted molar refractivity (Wildman–Crippen MR) is 63.2 cm³/mol. The Labute approximate surface area is 101 Å². The molecule has 1 amide bonds. The summed E-state index contributed by atoms with van der Waals surface area (Å²) in [6.45, 7) is 1.83. The smallest absolute Gasteiger partial charge is 0.226 e. The summed E-state index contributed by atoms with van der Waals surface area (Å²) in [5, 5.41) is 11.5. The Balaban J connectivity index is 1.89. The van der Waals surface area contributed by atoms with Gasteiger partial charge in [-0.2, -0.15) is 5.10 Å². The number of aromatic amines is 1. The Morgan fingerprint density at radius 3 is 3.12 bits per heavy atom. The Morgan fingerprint density at radius 2 is 2.53 bits per heavy atom. The molecule has 0 aliphatic carbocycles. The van der Waals surface area contributed by atoms with E-state index in [1.54, 1.807) is 5.38 Å². The van der Waals surface area contributed by atoms with Gasteiger partial charge in [0, 0.05) is 5.38 Å². The number of thiazole rings is 1. The first-order valence-electron chi connectivity index (χ1n) is 4.99. The Kier molecular flexibility index (Phi) is 3.33. The van der Waals surface area contributed by atoms with E-state index < -0.39 is 0 Å². The molecule has 1 unspecified atom stereocenters. The van der Waals surface area contributed by atoms with Crippen molar-refractivity contribution in [2.45, 2.75) is 19.4 Å². The van der Waals surface area contributed by atoms with Crippen molar-refractivity contribution in [3.63, 3.8) is 0 Å². The minimum absolute atomic E-state index is 0.126. The second kappa shape index (κ2) is 4.91. The second-order valence-electron chi connectivity index (χ2n) is 3.51. The van der Waals surface area contributed by atoms with Crippen molar-refractivity contribution in [2.24, 2.45) is 0 Å². The number of amides is 1. The summed E-state index contributed by atoms with van der Waals surface area (Å²) in [5.74, 6) is 0.496. The van der Waals surface area contributed by atoms with Gasteiger partial charge in [-0.25, -0.2) is 9.97 Å². The first kappa shape index (κ1) is 11.5. The maximum absolute atomic E-state index is 11.7. The molecular weight excluding hydrogens is 240 g/mol. The van der Waals surface area contributed by atoms with Crippen molar-refractivity contribution < 1.29 is 4.79 Å². The largest absolute Gasteiger partial charge is 0.375 e. The molecule has 0 saturated carbocycles. The molecule has 0 bridgehead atoms.